The van der Waals surface area contributed by atoms with Crippen LogP contribution < -0.4 is 26.1 Å². The maximum atomic E-state index is 13.2. The maximum absolute atomic E-state index is 13.2. The summed E-state index contributed by atoms with van der Waals surface area (Å²) in [6.45, 7) is 4.06. The van der Waals surface area contributed by atoms with Crippen molar-refractivity contribution in [3.05, 3.63) is 62.7 Å². The second kappa shape index (κ2) is 8.90. The van der Waals surface area contributed by atoms with Crippen LogP contribution in [0.3, 0.4) is 0 Å². The fourth-order valence-electron chi connectivity index (χ4n) is 4.23. The third-order valence-electron chi connectivity index (χ3n) is 5.98. The van der Waals surface area contributed by atoms with Crippen molar-refractivity contribution in [2.75, 3.05) is 29.9 Å². The van der Waals surface area contributed by atoms with Gasteiger partial charge in [-0.1, -0.05) is 12.1 Å². The topological polar surface area (TPSA) is 85.6 Å². The van der Waals surface area contributed by atoms with Crippen molar-refractivity contribution >= 4 is 28.3 Å². The van der Waals surface area contributed by atoms with E-state index in [-0.39, 0.29) is 5.91 Å². The predicted octanol–water partition coefficient (Wildman–Crippen LogP) is 2.88. The molecule has 2 heterocycles. The maximum Gasteiger partial charge on any atom is 0.316 e. The Morgan fingerprint density at radius 2 is 1.59 bits per heavy atom. The van der Waals surface area contributed by atoms with Gasteiger partial charge in [-0.3, -0.25) is 14.4 Å². The number of fused-ring (bicyclic) bond motifs is 1. The number of amides is 1. The summed E-state index contributed by atoms with van der Waals surface area (Å²) >= 11 is 0. The number of para-hydroxylation sites is 1. The van der Waals surface area contributed by atoms with Gasteiger partial charge < -0.3 is 24.1 Å². The Balaban J connectivity index is 1.86. The van der Waals surface area contributed by atoms with E-state index in [1.54, 1.807) is 38.4 Å². The molecule has 0 atom stereocenters. The van der Waals surface area contributed by atoms with Crippen molar-refractivity contribution in [3.8, 4) is 5.75 Å². The van der Waals surface area contributed by atoms with Crippen LogP contribution in [-0.2, 0) is 14.1 Å². The largest absolute Gasteiger partial charge is 0.493 e. The van der Waals surface area contributed by atoms with Gasteiger partial charge in [0.1, 0.15) is 5.75 Å². The number of piperidine rings is 1. The minimum absolute atomic E-state index is 0.290. The molecule has 1 fully saturated rings. The van der Waals surface area contributed by atoms with Crippen LogP contribution in [0, 0.1) is 0 Å². The molecule has 0 saturated carbocycles. The number of aromatic nitrogens is 2. The molecule has 0 bridgehead atoms. The number of nitrogens with one attached hydrogen (secondary N) is 1. The van der Waals surface area contributed by atoms with E-state index in [9.17, 15) is 14.4 Å². The number of anilines is 2. The van der Waals surface area contributed by atoms with Crippen molar-refractivity contribution in [1.29, 1.82) is 0 Å². The van der Waals surface area contributed by atoms with Crippen LogP contribution in [0.1, 0.15) is 36.5 Å². The summed E-state index contributed by atoms with van der Waals surface area (Å²) in [6, 6.07) is 10.8. The van der Waals surface area contributed by atoms with Gasteiger partial charge in [0, 0.05) is 27.2 Å². The van der Waals surface area contributed by atoms with Crippen LogP contribution in [-0.4, -0.2) is 34.7 Å². The van der Waals surface area contributed by atoms with Crippen molar-refractivity contribution in [1.82, 2.24) is 9.13 Å². The molecule has 1 N–H and O–H groups in total. The summed E-state index contributed by atoms with van der Waals surface area (Å²) < 4.78 is 8.33. The fraction of sp³-hybridized carbons (Fsp3) is 0.375. The number of rotatable bonds is 5. The predicted molar refractivity (Wildman–Crippen MR) is 126 cm³/mol. The Morgan fingerprint density at radius 1 is 0.969 bits per heavy atom. The van der Waals surface area contributed by atoms with Gasteiger partial charge >= 0.3 is 11.1 Å². The summed E-state index contributed by atoms with van der Waals surface area (Å²) in [6.07, 6.45) is 3.29. The molecule has 168 valence electrons. The lowest BCUT2D eigenvalue weighted by Crippen LogP contribution is -2.39. The minimum Gasteiger partial charge on any atom is -0.493 e. The van der Waals surface area contributed by atoms with E-state index in [0.29, 0.717) is 34.6 Å². The first-order valence-electron chi connectivity index (χ1n) is 10.9. The molecule has 1 aliphatic heterocycles. The fourth-order valence-corrected chi connectivity index (χ4v) is 4.23. The summed E-state index contributed by atoms with van der Waals surface area (Å²) in [5, 5.41) is 3.03. The third-order valence-corrected chi connectivity index (χ3v) is 5.98. The molecule has 0 unspecified atom stereocenters. The number of hydrogen-bond donors (Lipinski definition) is 1. The molecule has 1 aromatic heterocycles. The summed E-state index contributed by atoms with van der Waals surface area (Å²) in [4.78, 5) is 40.2. The van der Waals surface area contributed by atoms with Crippen molar-refractivity contribution in [2.24, 2.45) is 14.1 Å². The number of ether oxygens (including phenoxy) is 1. The highest BCUT2D eigenvalue weighted by molar-refractivity contribution is 6.08. The zero-order valence-electron chi connectivity index (χ0n) is 18.7. The Bertz CT molecular complexity index is 1290. The van der Waals surface area contributed by atoms with E-state index in [4.69, 9.17) is 4.74 Å². The lowest BCUT2D eigenvalue weighted by Gasteiger charge is -2.31. The molecule has 8 nitrogen and oxygen atoms in total. The van der Waals surface area contributed by atoms with Gasteiger partial charge in [0.2, 0.25) is 0 Å². The number of carbonyl (C=O) groups is 1. The molecule has 1 saturated heterocycles. The average Bonchev–Trinajstić information content (AvgIpc) is 2.82. The lowest BCUT2D eigenvalue weighted by molar-refractivity contribution is 0.102. The molecule has 3 aromatic rings. The van der Waals surface area contributed by atoms with E-state index in [1.165, 1.54) is 15.6 Å². The van der Waals surface area contributed by atoms with Gasteiger partial charge in [-0.05, 0) is 50.5 Å². The third kappa shape index (κ3) is 3.88. The zero-order valence-corrected chi connectivity index (χ0v) is 18.7. The molecule has 8 heteroatoms. The van der Waals surface area contributed by atoms with Gasteiger partial charge in [-0.25, -0.2) is 0 Å². The summed E-state index contributed by atoms with van der Waals surface area (Å²) in [5.74, 6) is 0.226. The molecule has 0 radical (unpaired) electrons. The zero-order chi connectivity index (χ0) is 22.8. The van der Waals surface area contributed by atoms with E-state index in [2.05, 4.69) is 10.2 Å². The first-order valence-corrected chi connectivity index (χ1v) is 10.9. The number of carbonyl (C=O) groups excluding carboxylic acids is 1. The molecular weight excluding hydrogens is 408 g/mol. The quantitative estimate of drug-likeness (QED) is 0.622. The average molecular weight is 437 g/mol. The van der Waals surface area contributed by atoms with E-state index < -0.39 is 11.1 Å². The lowest BCUT2D eigenvalue weighted by atomic mass is 10.1. The first-order chi connectivity index (χ1) is 15.4. The molecule has 4 rings (SSSR count). The smallest absolute Gasteiger partial charge is 0.316 e. The minimum atomic E-state index is -0.607. The number of nitrogens with zero attached hydrogens (tertiary/aromatic N) is 3. The molecular formula is C24H28N4O4. The van der Waals surface area contributed by atoms with Crippen LogP contribution in [0.15, 0.2) is 46.0 Å². The van der Waals surface area contributed by atoms with E-state index in [1.807, 2.05) is 19.1 Å². The molecule has 1 amide bonds. The highest BCUT2D eigenvalue weighted by atomic mass is 16.5. The van der Waals surface area contributed by atoms with Crippen molar-refractivity contribution in [3.63, 3.8) is 0 Å². The standard InChI is InChI=1S/C24H28N4O4/c1-4-32-21-11-7-6-10-16(21)22(29)25-17-14-19-20(27(3)24(31)23(30)26(19)2)15-18(17)28-12-8-5-9-13-28/h6-7,10-11,14-15H,4-5,8-9,12-13H2,1-3H3,(H,25,29). The summed E-state index contributed by atoms with van der Waals surface area (Å²) in [7, 11) is 3.17. The van der Waals surface area contributed by atoms with Crippen LogP contribution in [0.5, 0.6) is 5.75 Å². The van der Waals surface area contributed by atoms with E-state index in [0.717, 1.165) is 31.6 Å². The number of aryl methyl sites for hydroxylation is 2. The Labute approximate surface area is 186 Å². The highest BCUT2D eigenvalue weighted by Gasteiger charge is 2.21. The number of hydrogen-bond acceptors (Lipinski definition) is 5. The van der Waals surface area contributed by atoms with Crippen LogP contribution in [0.25, 0.3) is 11.0 Å². The highest BCUT2D eigenvalue weighted by Crippen LogP contribution is 2.33. The Kier molecular flexibility index (Phi) is 6.03. The van der Waals surface area contributed by atoms with Crippen LogP contribution >= 0.6 is 0 Å². The molecule has 0 spiro atoms. The Hall–Kier alpha value is -3.55. The van der Waals surface area contributed by atoms with Gasteiger partial charge in [0.25, 0.3) is 5.91 Å². The number of benzene rings is 2. The molecule has 32 heavy (non-hydrogen) atoms. The van der Waals surface area contributed by atoms with Gasteiger partial charge in [-0.15, -0.1) is 0 Å². The first kappa shape index (κ1) is 21.7. The Morgan fingerprint density at radius 3 is 2.25 bits per heavy atom. The molecule has 0 aliphatic carbocycles. The monoisotopic (exact) mass is 436 g/mol. The van der Waals surface area contributed by atoms with Crippen molar-refractivity contribution in [2.45, 2.75) is 26.2 Å². The van der Waals surface area contributed by atoms with Crippen molar-refractivity contribution < 1.29 is 9.53 Å². The van der Waals surface area contributed by atoms with Gasteiger partial charge in [0.05, 0.1) is 34.6 Å². The second-order valence-electron chi connectivity index (χ2n) is 8.02. The van der Waals surface area contributed by atoms with Crippen LogP contribution in [0.2, 0.25) is 0 Å². The van der Waals surface area contributed by atoms with Crippen LogP contribution in [0.4, 0.5) is 11.4 Å². The SMILES string of the molecule is CCOc1ccccc1C(=O)Nc1cc2c(cc1N1CCCCC1)n(C)c(=O)c(=O)n2C. The second-order valence-corrected chi connectivity index (χ2v) is 8.02. The molecule has 1 aliphatic rings. The van der Waals surface area contributed by atoms with Gasteiger partial charge in [0.15, 0.2) is 0 Å². The summed E-state index contributed by atoms with van der Waals surface area (Å²) in [5.41, 5.74) is 1.92. The molecule has 2 aromatic carbocycles. The van der Waals surface area contributed by atoms with Gasteiger partial charge in [-0.2, -0.15) is 0 Å². The normalized spacial score (nSPS) is 13.9. The van der Waals surface area contributed by atoms with E-state index >= 15 is 0 Å².